The third-order valence-electron chi connectivity index (χ3n) is 5.04. The summed E-state index contributed by atoms with van der Waals surface area (Å²) in [5, 5.41) is 14.1. The van der Waals surface area contributed by atoms with E-state index in [4.69, 9.17) is 4.74 Å². The zero-order chi connectivity index (χ0) is 13.0. The van der Waals surface area contributed by atoms with Gasteiger partial charge in [-0.25, -0.2) is 0 Å². The highest BCUT2D eigenvalue weighted by molar-refractivity contribution is 4.88. The van der Waals surface area contributed by atoms with Crippen molar-refractivity contribution in [3.63, 3.8) is 0 Å². The number of ether oxygens (including phenoxy) is 1. The third kappa shape index (κ3) is 3.69. The fourth-order valence-corrected chi connectivity index (χ4v) is 3.26. The SMILES string of the molecule is CCC1CCC(O)(CNC(C)C2CCOC2)CC1. The van der Waals surface area contributed by atoms with Crippen LogP contribution in [0.3, 0.4) is 0 Å². The summed E-state index contributed by atoms with van der Waals surface area (Å²) in [5.74, 6) is 1.46. The number of hydrogen-bond donors (Lipinski definition) is 2. The number of aliphatic hydroxyl groups is 1. The molecule has 1 aliphatic carbocycles. The van der Waals surface area contributed by atoms with E-state index in [1.807, 2.05) is 0 Å². The van der Waals surface area contributed by atoms with Gasteiger partial charge in [0.1, 0.15) is 0 Å². The van der Waals surface area contributed by atoms with Crippen LogP contribution in [0.1, 0.15) is 52.4 Å². The molecule has 2 fully saturated rings. The predicted molar refractivity (Wildman–Crippen MR) is 73.6 cm³/mol. The van der Waals surface area contributed by atoms with E-state index < -0.39 is 5.60 Å². The zero-order valence-electron chi connectivity index (χ0n) is 12.0. The van der Waals surface area contributed by atoms with Crippen LogP contribution in [0.5, 0.6) is 0 Å². The monoisotopic (exact) mass is 255 g/mol. The topological polar surface area (TPSA) is 41.5 Å². The Morgan fingerprint density at radius 2 is 2.06 bits per heavy atom. The van der Waals surface area contributed by atoms with Crippen molar-refractivity contribution in [2.45, 2.75) is 64.0 Å². The Balaban J connectivity index is 1.72. The Labute approximate surface area is 111 Å². The minimum atomic E-state index is -0.459. The lowest BCUT2D eigenvalue weighted by Gasteiger charge is -2.37. The van der Waals surface area contributed by atoms with Crippen molar-refractivity contribution in [1.82, 2.24) is 5.32 Å². The van der Waals surface area contributed by atoms with Crippen LogP contribution >= 0.6 is 0 Å². The summed E-state index contributed by atoms with van der Waals surface area (Å²) in [6.45, 7) is 7.01. The highest BCUT2D eigenvalue weighted by Gasteiger charge is 2.33. The molecule has 18 heavy (non-hydrogen) atoms. The second-order valence-electron chi connectivity index (χ2n) is 6.37. The molecule has 106 valence electrons. The molecule has 0 spiro atoms. The first-order chi connectivity index (χ1) is 8.63. The van der Waals surface area contributed by atoms with E-state index >= 15 is 0 Å². The predicted octanol–water partition coefficient (Wildman–Crippen LogP) is 2.33. The van der Waals surface area contributed by atoms with Gasteiger partial charge in [-0.3, -0.25) is 0 Å². The molecule has 1 aliphatic heterocycles. The van der Waals surface area contributed by atoms with Crippen LogP contribution in [-0.4, -0.2) is 36.5 Å². The van der Waals surface area contributed by atoms with E-state index in [0.29, 0.717) is 12.0 Å². The van der Waals surface area contributed by atoms with Gasteiger partial charge in [-0.15, -0.1) is 0 Å². The Kier molecular flexibility index (Phi) is 5.05. The molecule has 2 atom stereocenters. The van der Waals surface area contributed by atoms with Gasteiger partial charge in [0.05, 0.1) is 12.2 Å². The minimum absolute atomic E-state index is 0.459. The summed E-state index contributed by atoms with van der Waals surface area (Å²) in [5.41, 5.74) is -0.459. The molecule has 0 aromatic heterocycles. The lowest BCUT2D eigenvalue weighted by Crippen LogP contribution is -2.47. The van der Waals surface area contributed by atoms with Gasteiger partial charge >= 0.3 is 0 Å². The maximum absolute atomic E-state index is 10.6. The van der Waals surface area contributed by atoms with Gasteiger partial charge in [-0.1, -0.05) is 13.3 Å². The van der Waals surface area contributed by atoms with Gasteiger partial charge in [0, 0.05) is 19.2 Å². The molecule has 0 bridgehead atoms. The van der Waals surface area contributed by atoms with Gasteiger partial charge in [-0.2, -0.15) is 0 Å². The largest absolute Gasteiger partial charge is 0.389 e. The minimum Gasteiger partial charge on any atom is -0.389 e. The number of hydrogen-bond acceptors (Lipinski definition) is 3. The first kappa shape index (κ1) is 14.3. The zero-order valence-corrected chi connectivity index (χ0v) is 12.0. The van der Waals surface area contributed by atoms with Crippen LogP contribution in [-0.2, 0) is 4.74 Å². The fourth-order valence-electron chi connectivity index (χ4n) is 3.26. The van der Waals surface area contributed by atoms with Gasteiger partial charge in [0.15, 0.2) is 0 Å². The average molecular weight is 255 g/mol. The summed E-state index contributed by atoms with van der Waals surface area (Å²) in [7, 11) is 0. The molecule has 2 rings (SSSR count). The first-order valence-corrected chi connectivity index (χ1v) is 7.66. The summed E-state index contributed by atoms with van der Waals surface area (Å²) >= 11 is 0. The summed E-state index contributed by atoms with van der Waals surface area (Å²) in [6, 6.07) is 0.459. The number of rotatable bonds is 5. The molecule has 2 N–H and O–H groups in total. The van der Waals surface area contributed by atoms with E-state index in [0.717, 1.165) is 44.9 Å². The fraction of sp³-hybridized carbons (Fsp3) is 1.00. The van der Waals surface area contributed by atoms with E-state index in [-0.39, 0.29) is 0 Å². The third-order valence-corrected chi connectivity index (χ3v) is 5.04. The Hall–Kier alpha value is -0.120. The summed E-state index contributed by atoms with van der Waals surface area (Å²) in [4.78, 5) is 0. The molecular formula is C15H29NO2. The molecule has 1 saturated heterocycles. The Morgan fingerprint density at radius 1 is 1.33 bits per heavy atom. The lowest BCUT2D eigenvalue weighted by atomic mass is 9.77. The quantitative estimate of drug-likeness (QED) is 0.792. The molecule has 0 aromatic carbocycles. The summed E-state index contributed by atoms with van der Waals surface area (Å²) < 4.78 is 5.42. The second-order valence-corrected chi connectivity index (χ2v) is 6.37. The van der Waals surface area contributed by atoms with Crippen molar-refractivity contribution in [2.24, 2.45) is 11.8 Å². The first-order valence-electron chi connectivity index (χ1n) is 7.66. The van der Waals surface area contributed by atoms with Crippen LogP contribution in [0.25, 0.3) is 0 Å². The van der Waals surface area contributed by atoms with Gasteiger partial charge < -0.3 is 15.2 Å². The van der Waals surface area contributed by atoms with Crippen LogP contribution in [0.2, 0.25) is 0 Å². The van der Waals surface area contributed by atoms with Crippen LogP contribution in [0.4, 0.5) is 0 Å². The molecule has 3 heteroatoms. The van der Waals surface area contributed by atoms with E-state index in [2.05, 4.69) is 19.2 Å². The average Bonchev–Trinajstić information content (AvgIpc) is 2.91. The van der Waals surface area contributed by atoms with Crippen LogP contribution in [0.15, 0.2) is 0 Å². The maximum Gasteiger partial charge on any atom is 0.0771 e. The Morgan fingerprint density at radius 3 is 2.61 bits per heavy atom. The highest BCUT2D eigenvalue weighted by atomic mass is 16.5. The molecular weight excluding hydrogens is 226 g/mol. The van der Waals surface area contributed by atoms with Crippen molar-refractivity contribution >= 4 is 0 Å². The molecule has 0 amide bonds. The van der Waals surface area contributed by atoms with Gasteiger partial charge in [0.25, 0.3) is 0 Å². The van der Waals surface area contributed by atoms with Crippen molar-refractivity contribution in [1.29, 1.82) is 0 Å². The van der Waals surface area contributed by atoms with Crippen LogP contribution < -0.4 is 5.32 Å². The number of nitrogens with one attached hydrogen (secondary N) is 1. The van der Waals surface area contributed by atoms with Crippen molar-refractivity contribution in [2.75, 3.05) is 19.8 Å². The Bertz CT molecular complexity index is 243. The molecule has 1 heterocycles. The van der Waals surface area contributed by atoms with Gasteiger partial charge in [0.2, 0.25) is 0 Å². The van der Waals surface area contributed by atoms with Crippen molar-refractivity contribution in [3.05, 3.63) is 0 Å². The molecule has 0 aromatic rings. The summed E-state index contributed by atoms with van der Waals surface area (Å²) in [6.07, 6.45) is 6.73. The highest BCUT2D eigenvalue weighted by Crippen LogP contribution is 2.33. The standard InChI is InChI=1S/C15H29NO2/c1-3-13-4-7-15(17,8-5-13)11-16-12(2)14-6-9-18-10-14/h12-14,16-17H,3-11H2,1-2H3. The normalized spacial score (nSPS) is 38.8. The maximum atomic E-state index is 10.6. The smallest absolute Gasteiger partial charge is 0.0771 e. The lowest BCUT2D eigenvalue weighted by molar-refractivity contribution is -0.0117. The van der Waals surface area contributed by atoms with E-state index in [1.54, 1.807) is 0 Å². The van der Waals surface area contributed by atoms with Crippen LogP contribution in [0, 0.1) is 11.8 Å². The molecule has 2 aliphatic rings. The van der Waals surface area contributed by atoms with Gasteiger partial charge in [-0.05, 0) is 50.9 Å². The van der Waals surface area contributed by atoms with Crippen molar-refractivity contribution in [3.8, 4) is 0 Å². The molecule has 0 radical (unpaired) electrons. The molecule has 1 saturated carbocycles. The van der Waals surface area contributed by atoms with E-state index in [1.165, 1.54) is 19.3 Å². The van der Waals surface area contributed by atoms with Crippen molar-refractivity contribution < 1.29 is 9.84 Å². The second kappa shape index (κ2) is 6.36. The molecule has 2 unspecified atom stereocenters. The molecule has 3 nitrogen and oxygen atoms in total. The van der Waals surface area contributed by atoms with E-state index in [9.17, 15) is 5.11 Å².